The van der Waals surface area contributed by atoms with Crippen LogP contribution in [0.4, 0.5) is 17.1 Å². The predicted octanol–water partition coefficient (Wildman–Crippen LogP) is 15.6. The molecule has 0 aromatic heterocycles. The molecule has 0 fully saturated rings. The summed E-state index contributed by atoms with van der Waals surface area (Å²) in [7, 11) is 0. The Hall–Kier alpha value is -5.48. The summed E-state index contributed by atoms with van der Waals surface area (Å²) < 4.78 is 2.13. The molecule has 0 atom stereocenters. The van der Waals surface area contributed by atoms with Crippen LogP contribution in [0.15, 0.2) is 197 Å². The SMILES string of the molecule is Cc1ccc(-c2ccc(N(c3ccc(-c4ccc(Br)cc4-c4ccccc4)cc3)c3ccc(-c4ccc(Br)cc4-c4ccccc4)cc3)cc2C)cc1. The van der Waals surface area contributed by atoms with Gasteiger partial charge in [-0.1, -0.05) is 165 Å². The summed E-state index contributed by atoms with van der Waals surface area (Å²) in [6.07, 6.45) is 0. The maximum atomic E-state index is 3.71. The van der Waals surface area contributed by atoms with Crippen LogP contribution in [-0.2, 0) is 0 Å². The van der Waals surface area contributed by atoms with E-state index < -0.39 is 0 Å². The van der Waals surface area contributed by atoms with E-state index in [-0.39, 0.29) is 0 Å². The van der Waals surface area contributed by atoms with Crippen molar-refractivity contribution in [1.29, 1.82) is 0 Å². The third kappa shape index (κ3) is 7.41. The zero-order valence-electron chi connectivity index (χ0n) is 29.6. The van der Waals surface area contributed by atoms with Crippen LogP contribution in [0.2, 0.25) is 0 Å². The van der Waals surface area contributed by atoms with E-state index in [1.807, 2.05) is 0 Å². The lowest BCUT2D eigenvalue weighted by Crippen LogP contribution is -2.10. The Morgan fingerprint density at radius 2 is 0.698 bits per heavy atom. The van der Waals surface area contributed by atoms with Gasteiger partial charge in [0.2, 0.25) is 0 Å². The summed E-state index contributed by atoms with van der Waals surface area (Å²) in [4.78, 5) is 2.36. The van der Waals surface area contributed by atoms with E-state index in [9.17, 15) is 0 Å². The summed E-state index contributed by atoms with van der Waals surface area (Å²) in [6.45, 7) is 4.34. The summed E-state index contributed by atoms with van der Waals surface area (Å²) in [5, 5.41) is 0. The quantitative estimate of drug-likeness (QED) is 0.148. The van der Waals surface area contributed by atoms with E-state index in [1.165, 1.54) is 66.8 Å². The molecule has 256 valence electrons. The topological polar surface area (TPSA) is 3.24 Å². The molecule has 0 aliphatic carbocycles. The van der Waals surface area contributed by atoms with Crippen LogP contribution in [0.5, 0.6) is 0 Å². The molecule has 53 heavy (non-hydrogen) atoms. The molecule has 0 N–H and O–H groups in total. The first-order valence-electron chi connectivity index (χ1n) is 17.8. The fraction of sp³-hybridized carbons (Fsp3) is 0.0400. The molecule has 8 rings (SSSR count). The third-order valence-corrected chi connectivity index (χ3v) is 10.8. The maximum absolute atomic E-state index is 3.71. The van der Waals surface area contributed by atoms with Gasteiger partial charge in [-0.25, -0.2) is 0 Å². The first kappa shape index (κ1) is 34.6. The van der Waals surface area contributed by atoms with E-state index in [4.69, 9.17) is 0 Å². The molecule has 0 radical (unpaired) electrons. The maximum Gasteiger partial charge on any atom is 0.0464 e. The Kier molecular flexibility index (Phi) is 9.95. The highest BCUT2D eigenvalue weighted by molar-refractivity contribution is 9.10. The molecule has 0 amide bonds. The van der Waals surface area contributed by atoms with Crippen molar-refractivity contribution in [2.75, 3.05) is 4.90 Å². The molecule has 8 aromatic rings. The van der Waals surface area contributed by atoms with Crippen LogP contribution in [0.25, 0.3) is 55.6 Å². The molecule has 0 spiro atoms. The van der Waals surface area contributed by atoms with Crippen LogP contribution < -0.4 is 4.90 Å². The van der Waals surface area contributed by atoms with Crippen molar-refractivity contribution < 1.29 is 0 Å². The lowest BCUT2D eigenvalue weighted by atomic mass is 9.94. The minimum atomic E-state index is 1.06. The second-order valence-corrected chi connectivity index (χ2v) is 15.2. The summed E-state index contributed by atoms with van der Waals surface area (Å²) in [5.41, 5.74) is 17.8. The largest absolute Gasteiger partial charge is 0.310 e. The smallest absolute Gasteiger partial charge is 0.0464 e. The highest BCUT2D eigenvalue weighted by atomic mass is 79.9. The number of hydrogen-bond acceptors (Lipinski definition) is 1. The standard InChI is InChI=1S/C50H37Br2N/c1-34-13-15-38(16-14-34)46-30-27-45(31-35(46)2)53(43-23-17-39(18-24-43)47-28-21-41(51)32-49(47)36-9-5-3-6-10-36)44-25-19-40(20-26-44)48-29-22-42(52)33-50(48)37-11-7-4-8-12-37/h3-33H,1-2H3. The van der Waals surface area contributed by atoms with Crippen molar-refractivity contribution in [2.45, 2.75) is 13.8 Å². The van der Waals surface area contributed by atoms with E-state index in [0.29, 0.717) is 0 Å². The second-order valence-electron chi connectivity index (χ2n) is 13.4. The van der Waals surface area contributed by atoms with Crippen LogP contribution in [0, 0.1) is 13.8 Å². The zero-order valence-corrected chi connectivity index (χ0v) is 32.8. The predicted molar refractivity (Wildman–Crippen MR) is 233 cm³/mol. The molecular weight excluding hydrogens is 774 g/mol. The van der Waals surface area contributed by atoms with Crippen LogP contribution in [-0.4, -0.2) is 0 Å². The molecule has 0 bridgehead atoms. The van der Waals surface area contributed by atoms with Crippen molar-refractivity contribution in [2.24, 2.45) is 0 Å². The summed E-state index contributed by atoms with van der Waals surface area (Å²) in [5.74, 6) is 0. The van der Waals surface area contributed by atoms with Crippen molar-refractivity contribution in [3.8, 4) is 55.6 Å². The summed E-state index contributed by atoms with van der Waals surface area (Å²) in [6, 6.07) is 67.8. The van der Waals surface area contributed by atoms with Crippen LogP contribution in [0.3, 0.4) is 0 Å². The Morgan fingerprint density at radius 1 is 0.321 bits per heavy atom. The van der Waals surface area contributed by atoms with Gasteiger partial charge in [0.05, 0.1) is 0 Å². The van der Waals surface area contributed by atoms with E-state index in [0.717, 1.165) is 26.0 Å². The van der Waals surface area contributed by atoms with Gasteiger partial charge >= 0.3 is 0 Å². The Bertz CT molecular complexity index is 2370. The number of benzene rings is 8. The Balaban J connectivity index is 1.21. The molecule has 0 saturated heterocycles. The number of nitrogens with zero attached hydrogens (tertiary/aromatic N) is 1. The van der Waals surface area contributed by atoms with Crippen LogP contribution >= 0.6 is 31.9 Å². The van der Waals surface area contributed by atoms with Gasteiger partial charge in [0.1, 0.15) is 0 Å². The Labute approximate surface area is 329 Å². The fourth-order valence-corrected chi connectivity index (χ4v) is 7.84. The molecule has 0 unspecified atom stereocenters. The molecule has 0 aliphatic rings. The van der Waals surface area contributed by atoms with E-state index in [1.54, 1.807) is 0 Å². The second kappa shape index (κ2) is 15.2. The Morgan fingerprint density at radius 3 is 1.15 bits per heavy atom. The van der Waals surface area contributed by atoms with Gasteiger partial charge in [0, 0.05) is 26.0 Å². The number of aryl methyl sites for hydroxylation is 2. The minimum absolute atomic E-state index is 1.06. The highest BCUT2D eigenvalue weighted by Gasteiger charge is 2.17. The lowest BCUT2D eigenvalue weighted by molar-refractivity contribution is 1.27. The molecule has 1 nitrogen and oxygen atoms in total. The zero-order chi connectivity index (χ0) is 36.3. The first-order valence-corrected chi connectivity index (χ1v) is 19.4. The molecular formula is C50H37Br2N. The summed E-state index contributed by atoms with van der Waals surface area (Å²) >= 11 is 7.41. The number of hydrogen-bond donors (Lipinski definition) is 0. The van der Waals surface area contributed by atoms with Crippen LogP contribution in [0.1, 0.15) is 11.1 Å². The normalized spacial score (nSPS) is 11.0. The van der Waals surface area contributed by atoms with E-state index in [2.05, 4.69) is 239 Å². The fourth-order valence-electron chi connectivity index (χ4n) is 7.12. The van der Waals surface area contributed by atoms with Gasteiger partial charge < -0.3 is 4.90 Å². The van der Waals surface area contributed by atoms with Crippen molar-refractivity contribution >= 4 is 48.9 Å². The number of halogens is 2. The molecule has 3 heteroatoms. The highest BCUT2D eigenvalue weighted by Crippen LogP contribution is 2.41. The average molecular weight is 812 g/mol. The minimum Gasteiger partial charge on any atom is -0.310 e. The average Bonchev–Trinajstić information content (AvgIpc) is 3.20. The lowest BCUT2D eigenvalue weighted by Gasteiger charge is -2.27. The van der Waals surface area contributed by atoms with Crippen molar-refractivity contribution in [3.05, 3.63) is 208 Å². The van der Waals surface area contributed by atoms with Gasteiger partial charge in [0.25, 0.3) is 0 Å². The van der Waals surface area contributed by atoms with Gasteiger partial charge in [-0.2, -0.15) is 0 Å². The van der Waals surface area contributed by atoms with Crippen molar-refractivity contribution in [1.82, 2.24) is 0 Å². The van der Waals surface area contributed by atoms with Gasteiger partial charge in [0.15, 0.2) is 0 Å². The van der Waals surface area contributed by atoms with Gasteiger partial charge in [-0.15, -0.1) is 0 Å². The van der Waals surface area contributed by atoms with Gasteiger partial charge in [-0.05, 0) is 136 Å². The monoisotopic (exact) mass is 809 g/mol. The molecule has 8 aromatic carbocycles. The van der Waals surface area contributed by atoms with E-state index >= 15 is 0 Å². The molecule has 0 saturated carbocycles. The van der Waals surface area contributed by atoms with Crippen molar-refractivity contribution in [3.63, 3.8) is 0 Å². The number of rotatable bonds is 8. The number of anilines is 3. The van der Waals surface area contributed by atoms with Gasteiger partial charge in [-0.3, -0.25) is 0 Å². The third-order valence-electron chi connectivity index (χ3n) is 9.84. The molecule has 0 aliphatic heterocycles. The first-order chi connectivity index (χ1) is 25.9. The molecule has 0 heterocycles.